The van der Waals surface area contributed by atoms with Crippen LogP contribution in [0.25, 0.3) is 11.1 Å². The maximum Gasteiger partial charge on any atom is 0.346 e. The van der Waals surface area contributed by atoms with Gasteiger partial charge in [0.05, 0.1) is 12.2 Å². The number of ether oxygens (including phenoxy) is 2. The first-order valence-electron chi connectivity index (χ1n) is 15.6. The van der Waals surface area contributed by atoms with Crippen LogP contribution in [0, 0.1) is 11.6 Å². The average molecular weight is 565 g/mol. The summed E-state index contributed by atoms with van der Waals surface area (Å²) in [4.78, 5) is 12.6. The number of benzene rings is 3. The number of esters is 1. The van der Waals surface area contributed by atoms with Gasteiger partial charge in [-0.2, -0.15) is 4.39 Å². The van der Waals surface area contributed by atoms with Gasteiger partial charge in [0, 0.05) is 0 Å². The van der Waals surface area contributed by atoms with E-state index in [1.54, 1.807) is 12.1 Å². The number of rotatable bonds is 19. The number of aryl methyl sites for hydroxylation is 1. The molecule has 41 heavy (non-hydrogen) atoms. The summed E-state index contributed by atoms with van der Waals surface area (Å²) in [5.41, 5.74) is 2.92. The van der Waals surface area contributed by atoms with E-state index in [2.05, 4.69) is 38.1 Å². The van der Waals surface area contributed by atoms with Crippen molar-refractivity contribution in [1.29, 1.82) is 0 Å². The molecule has 0 heterocycles. The molecule has 0 aromatic heterocycles. The second-order valence-electron chi connectivity index (χ2n) is 10.8. The summed E-state index contributed by atoms with van der Waals surface area (Å²) in [5, 5.41) is 0. The van der Waals surface area contributed by atoms with Crippen LogP contribution in [0.1, 0.15) is 113 Å². The third kappa shape index (κ3) is 10.9. The fourth-order valence-corrected chi connectivity index (χ4v) is 4.89. The highest BCUT2D eigenvalue weighted by Gasteiger charge is 2.21. The monoisotopic (exact) mass is 564 g/mol. The highest BCUT2D eigenvalue weighted by atomic mass is 19.2. The summed E-state index contributed by atoms with van der Waals surface area (Å²) in [5.74, 6) is -3.31. The van der Waals surface area contributed by atoms with E-state index in [-0.39, 0.29) is 11.5 Å². The fraction of sp³-hybridized carbons (Fsp3) is 0.472. The van der Waals surface area contributed by atoms with Crippen LogP contribution < -0.4 is 9.47 Å². The van der Waals surface area contributed by atoms with Crippen molar-refractivity contribution < 1.29 is 23.0 Å². The Bertz CT molecular complexity index is 1170. The van der Waals surface area contributed by atoms with Crippen molar-refractivity contribution in [2.45, 2.75) is 104 Å². The van der Waals surface area contributed by atoms with Crippen LogP contribution in [0.15, 0.2) is 60.7 Å². The van der Waals surface area contributed by atoms with E-state index in [4.69, 9.17) is 9.47 Å². The normalized spacial score (nSPS) is 11.0. The zero-order chi connectivity index (χ0) is 29.3. The minimum Gasteiger partial charge on any atom is -0.490 e. The number of carbonyl (C=O) groups excluding carboxylic acids is 1. The van der Waals surface area contributed by atoms with Gasteiger partial charge in [0.25, 0.3) is 0 Å². The van der Waals surface area contributed by atoms with Crippen LogP contribution >= 0.6 is 0 Å². The van der Waals surface area contributed by atoms with Crippen LogP contribution in [0.3, 0.4) is 0 Å². The first-order chi connectivity index (χ1) is 20.0. The molecular weight excluding hydrogens is 518 g/mol. The first kappa shape index (κ1) is 32.3. The summed E-state index contributed by atoms with van der Waals surface area (Å²) in [6.07, 6.45) is 16.5. The lowest BCUT2D eigenvalue weighted by atomic mass is 10.0. The molecule has 0 saturated carbocycles. The summed E-state index contributed by atoms with van der Waals surface area (Å²) in [6, 6.07) is 18.0. The lowest BCUT2D eigenvalue weighted by molar-refractivity contribution is 0.0728. The van der Waals surface area contributed by atoms with E-state index in [0.717, 1.165) is 36.8 Å². The van der Waals surface area contributed by atoms with Gasteiger partial charge in [0.15, 0.2) is 11.6 Å². The van der Waals surface area contributed by atoms with Crippen molar-refractivity contribution in [3.63, 3.8) is 0 Å². The molecule has 222 valence electrons. The Morgan fingerprint density at radius 3 is 1.76 bits per heavy atom. The molecule has 5 heteroatoms. The van der Waals surface area contributed by atoms with Crippen LogP contribution in [0.5, 0.6) is 11.5 Å². The molecule has 0 aliphatic heterocycles. The van der Waals surface area contributed by atoms with Crippen molar-refractivity contribution >= 4 is 5.97 Å². The van der Waals surface area contributed by atoms with Gasteiger partial charge in [-0.15, -0.1) is 0 Å². The van der Waals surface area contributed by atoms with E-state index in [0.29, 0.717) is 6.61 Å². The molecule has 0 radical (unpaired) electrons. The second-order valence-corrected chi connectivity index (χ2v) is 10.8. The Morgan fingerprint density at radius 1 is 0.610 bits per heavy atom. The van der Waals surface area contributed by atoms with Crippen LogP contribution in [0.4, 0.5) is 8.78 Å². The molecule has 0 aliphatic rings. The molecule has 0 bridgehead atoms. The van der Waals surface area contributed by atoms with Crippen LogP contribution in [-0.2, 0) is 6.42 Å². The number of carbonyl (C=O) groups is 1. The maximum atomic E-state index is 14.7. The molecule has 3 nitrogen and oxygen atoms in total. The summed E-state index contributed by atoms with van der Waals surface area (Å²) in [6.45, 7) is 4.72. The first-order valence-corrected chi connectivity index (χ1v) is 15.6. The van der Waals surface area contributed by atoms with Crippen molar-refractivity contribution in [3.8, 4) is 22.6 Å². The van der Waals surface area contributed by atoms with Gasteiger partial charge < -0.3 is 9.47 Å². The Morgan fingerprint density at radius 2 is 1.15 bits per heavy atom. The number of halogens is 2. The van der Waals surface area contributed by atoms with Crippen molar-refractivity contribution in [2.24, 2.45) is 0 Å². The predicted molar refractivity (Wildman–Crippen MR) is 164 cm³/mol. The van der Waals surface area contributed by atoms with Crippen molar-refractivity contribution in [1.82, 2.24) is 0 Å². The lowest BCUT2D eigenvalue weighted by Gasteiger charge is -2.11. The van der Waals surface area contributed by atoms with Gasteiger partial charge in [-0.05, 0) is 60.2 Å². The molecule has 3 aromatic carbocycles. The number of unbranched alkanes of at least 4 members (excludes halogenated alkanes) is 11. The van der Waals surface area contributed by atoms with Crippen molar-refractivity contribution in [3.05, 3.63) is 83.4 Å². The number of hydrogen-bond donors (Lipinski definition) is 0. The molecule has 0 atom stereocenters. The fourth-order valence-electron chi connectivity index (χ4n) is 4.89. The van der Waals surface area contributed by atoms with E-state index in [1.165, 1.54) is 81.9 Å². The van der Waals surface area contributed by atoms with E-state index in [1.807, 2.05) is 12.1 Å². The Kier molecular flexibility index (Phi) is 14.4. The van der Waals surface area contributed by atoms with Crippen molar-refractivity contribution in [2.75, 3.05) is 6.61 Å². The minimum absolute atomic E-state index is 0.188. The van der Waals surface area contributed by atoms with E-state index in [9.17, 15) is 13.6 Å². The highest BCUT2D eigenvalue weighted by molar-refractivity contribution is 5.91. The largest absolute Gasteiger partial charge is 0.490 e. The average Bonchev–Trinajstić information content (AvgIpc) is 2.99. The summed E-state index contributed by atoms with van der Waals surface area (Å²) in [7, 11) is 0. The Balaban J connectivity index is 1.47. The molecule has 0 spiro atoms. The van der Waals surface area contributed by atoms with Gasteiger partial charge in [-0.3, -0.25) is 0 Å². The second kappa shape index (κ2) is 18.3. The zero-order valence-corrected chi connectivity index (χ0v) is 24.9. The SMILES string of the molecule is CCCCCCCCCOc1ccc(C(=O)Oc2ccc(-c3ccc(CCCCCCCC)cc3)cc2)c(F)c1F. The third-order valence-electron chi connectivity index (χ3n) is 7.44. The minimum atomic E-state index is -1.26. The van der Waals surface area contributed by atoms with Gasteiger partial charge in [-0.25, -0.2) is 9.18 Å². The highest BCUT2D eigenvalue weighted by Crippen LogP contribution is 2.26. The zero-order valence-electron chi connectivity index (χ0n) is 24.9. The predicted octanol–water partition coefficient (Wildman–Crippen LogP) is 10.9. The maximum absolute atomic E-state index is 14.7. The standard InChI is InChI=1S/C36H46F2O3/c1-3-5-7-9-11-13-15-27-40-33-26-25-32(34(37)35(33)38)36(39)41-31-23-21-30(22-24-31)29-19-17-28(18-20-29)16-14-12-10-8-6-4-2/h17-26H,3-16,27H2,1-2H3. The van der Waals surface area contributed by atoms with E-state index >= 15 is 0 Å². The molecular formula is C36H46F2O3. The molecule has 3 aromatic rings. The molecule has 0 unspecified atom stereocenters. The van der Waals surface area contributed by atoms with Crippen LogP contribution in [-0.4, -0.2) is 12.6 Å². The quantitative estimate of drug-likeness (QED) is 0.0825. The van der Waals surface area contributed by atoms with Crippen LogP contribution in [0.2, 0.25) is 0 Å². The Labute approximate surface area is 245 Å². The summed E-state index contributed by atoms with van der Waals surface area (Å²) >= 11 is 0. The van der Waals surface area contributed by atoms with Gasteiger partial charge in [-0.1, -0.05) is 121 Å². The summed E-state index contributed by atoms with van der Waals surface area (Å²) < 4.78 is 40.0. The third-order valence-corrected chi connectivity index (χ3v) is 7.44. The van der Waals surface area contributed by atoms with Gasteiger partial charge >= 0.3 is 5.97 Å². The smallest absolute Gasteiger partial charge is 0.346 e. The molecule has 0 amide bonds. The van der Waals surface area contributed by atoms with Gasteiger partial charge in [0.1, 0.15) is 5.75 Å². The topological polar surface area (TPSA) is 35.5 Å². The number of hydrogen-bond acceptors (Lipinski definition) is 3. The Hall–Kier alpha value is -3.21. The molecule has 3 rings (SSSR count). The molecule has 0 saturated heterocycles. The van der Waals surface area contributed by atoms with Gasteiger partial charge in [0.2, 0.25) is 5.82 Å². The molecule has 0 aliphatic carbocycles. The molecule has 0 fully saturated rings. The molecule has 0 N–H and O–H groups in total. The lowest BCUT2D eigenvalue weighted by Crippen LogP contribution is -2.12. The van der Waals surface area contributed by atoms with E-state index < -0.39 is 23.2 Å².